The fourth-order valence-electron chi connectivity index (χ4n) is 2.27. The van der Waals surface area contributed by atoms with Crippen LogP contribution >= 0.6 is 11.6 Å². The Morgan fingerprint density at radius 2 is 2.00 bits per heavy atom. The number of methoxy groups -OCH3 is 1. The highest BCUT2D eigenvalue weighted by atomic mass is 35.5. The Morgan fingerprint density at radius 3 is 2.74 bits per heavy atom. The number of rotatable bonds is 4. The van der Waals surface area contributed by atoms with Gasteiger partial charge in [-0.3, -0.25) is 4.79 Å². The molecule has 3 aromatic rings. The van der Waals surface area contributed by atoms with Crippen molar-refractivity contribution in [3.8, 4) is 11.4 Å². The third-order valence-corrected chi connectivity index (χ3v) is 3.63. The van der Waals surface area contributed by atoms with Crippen LogP contribution in [0.25, 0.3) is 5.69 Å². The molecule has 5 nitrogen and oxygen atoms in total. The van der Waals surface area contributed by atoms with Gasteiger partial charge in [0, 0.05) is 12.4 Å². The molecule has 1 amide bonds. The van der Waals surface area contributed by atoms with Crippen molar-refractivity contribution >= 4 is 23.2 Å². The fourth-order valence-corrected chi connectivity index (χ4v) is 2.53. The predicted molar refractivity (Wildman–Crippen MR) is 89.5 cm³/mol. The highest BCUT2D eigenvalue weighted by Crippen LogP contribution is 2.29. The van der Waals surface area contributed by atoms with Crippen molar-refractivity contribution in [2.75, 3.05) is 12.4 Å². The minimum Gasteiger partial charge on any atom is -0.496 e. The molecule has 1 heterocycles. The molecule has 0 spiro atoms. The number of amides is 1. The van der Waals surface area contributed by atoms with Gasteiger partial charge in [-0.2, -0.15) is 5.10 Å². The van der Waals surface area contributed by atoms with Gasteiger partial charge in [-0.25, -0.2) is 4.68 Å². The van der Waals surface area contributed by atoms with E-state index >= 15 is 0 Å². The van der Waals surface area contributed by atoms with Crippen molar-refractivity contribution < 1.29 is 9.53 Å². The number of halogens is 1. The maximum Gasteiger partial charge on any atom is 0.259 e. The van der Waals surface area contributed by atoms with E-state index in [4.69, 9.17) is 16.3 Å². The van der Waals surface area contributed by atoms with E-state index in [2.05, 4.69) is 10.4 Å². The summed E-state index contributed by atoms with van der Waals surface area (Å²) in [6.07, 6.45) is 3.41. The number of nitrogens with one attached hydrogen (secondary N) is 1. The Morgan fingerprint density at radius 1 is 1.17 bits per heavy atom. The topological polar surface area (TPSA) is 56.1 Å². The molecule has 0 saturated heterocycles. The number of carbonyl (C=O) groups excluding carboxylic acids is 1. The van der Waals surface area contributed by atoms with Crippen molar-refractivity contribution in [3.05, 3.63) is 71.5 Å². The van der Waals surface area contributed by atoms with E-state index in [0.717, 1.165) is 0 Å². The molecule has 1 N–H and O–H groups in total. The molecule has 116 valence electrons. The lowest BCUT2D eigenvalue weighted by Gasteiger charge is -2.14. The largest absolute Gasteiger partial charge is 0.496 e. The third kappa shape index (κ3) is 3.05. The zero-order valence-corrected chi connectivity index (χ0v) is 13.1. The summed E-state index contributed by atoms with van der Waals surface area (Å²) < 4.78 is 6.84. The highest BCUT2D eigenvalue weighted by Gasteiger charge is 2.16. The lowest BCUT2D eigenvalue weighted by atomic mass is 10.1. The Balaban J connectivity index is 1.98. The van der Waals surface area contributed by atoms with Gasteiger partial charge >= 0.3 is 0 Å². The Bertz CT molecular complexity index is 832. The van der Waals surface area contributed by atoms with E-state index < -0.39 is 0 Å². The number of aromatic nitrogens is 2. The van der Waals surface area contributed by atoms with E-state index in [1.165, 1.54) is 7.11 Å². The molecule has 0 fully saturated rings. The molecule has 0 aliphatic rings. The van der Waals surface area contributed by atoms with E-state index in [1.54, 1.807) is 59.5 Å². The average molecular weight is 328 g/mol. The Kier molecular flexibility index (Phi) is 4.30. The molecule has 0 atom stereocenters. The molecular weight excluding hydrogens is 314 g/mol. The lowest BCUT2D eigenvalue weighted by molar-refractivity contribution is 0.102. The van der Waals surface area contributed by atoms with E-state index in [9.17, 15) is 4.79 Å². The second kappa shape index (κ2) is 6.54. The van der Waals surface area contributed by atoms with Gasteiger partial charge in [-0.15, -0.1) is 0 Å². The number of benzene rings is 2. The van der Waals surface area contributed by atoms with Gasteiger partial charge in [-0.05, 0) is 30.3 Å². The number of carbonyl (C=O) groups is 1. The predicted octanol–water partition coefficient (Wildman–Crippen LogP) is 3.79. The van der Waals surface area contributed by atoms with Crippen LogP contribution in [0.5, 0.6) is 5.75 Å². The SMILES string of the molecule is COc1ccccc1C(=O)Nc1cccc(Cl)c1-n1cccn1. The van der Waals surface area contributed by atoms with Gasteiger partial charge in [0.2, 0.25) is 0 Å². The molecule has 3 rings (SSSR count). The van der Waals surface area contributed by atoms with Gasteiger partial charge in [0.1, 0.15) is 11.4 Å². The first-order valence-electron chi connectivity index (χ1n) is 6.93. The smallest absolute Gasteiger partial charge is 0.259 e. The molecule has 2 aromatic carbocycles. The maximum absolute atomic E-state index is 12.6. The summed E-state index contributed by atoms with van der Waals surface area (Å²) in [5, 5.41) is 7.54. The minimum absolute atomic E-state index is 0.280. The number of hydrogen-bond donors (Lipinski definition) is 1. The first kappa shape index (κ1) is 15.1. The molecule has 23 heavy (non-hydrogen) atoms. The third-order valence-electron chi connectivity index (χ3n) is 3.32. The molecule has 0 bridgehead atoms. The first-order valence-corrected chi connectivity index (χ1v) is 7.31. The first-order chi connectivity index (χ1) is 11.2. The van der Waals surface area contributed by atoms with E-state index in [-0.39, 0.29) is 5.91 Å². The minimum atomic E-state index is -0.280. The van der Waals surface area contributed by atoms with E-state index in [1.807, 2.05) is 6.07 Å². The molecule has 0 radical (unpaired) electrons. The zero-order chi connectivity index (χ0) is 16.2. The summed E-state index contributed by atoms with van der Waals surface area (Å²) in [7, 11) is 1.53. The number of nitrogens with zero attached hydrogens (tertiary/aromatic N) is 2. The fraction of sp³-hybridized carbons (Fsp3) is 0.0588. The van der Waals surface area contributed by atoms with Crippen LogP contribution in [0.2, 0.25) is 5.02 Å². The van der Waals surface area contributed by atoms with Crippen LogP contribution in [0.1, 0.15) is 10.4 Å². The quantitative estimate of drug-likeness (QED) is 0.793. The molecular formula is C17H14ClN3O2. The second-order valence-electron chi connectivity index (χ2n) is 4.74. The van der Waals surface area contributed by atoms with Crippen LogP contribution in [0.15, 0.2) is 60.9 Å². The van der Waals surface area contributed by atoms with Gasteiger partial charge in [0.15, 0.2) is 0 Å². The number of hydrogen-bond acceptors (Lipinski definition) is 3. The summed E-state index contributed by atoms with van der Waals surface area (Å²) in [4.78, 5) is 12.6. The normalized spacial score (nSPS) is 10.3. The van der Waals surface area contributed by atoms with Crippen molar-refractivity contribution in [2.24, 2.45) is 0 Å². The summed E-state index contributed by atoms with van der Waals surface area (Å²) in [6.45, 7) is 0. The van der Waals surface area contributed by atoms with Crippen LogP contribution in [0.3, 0.4) is 0 Å². The second-order valence-corrected chi connectivity index (χ2v) is 5.15. The van der Waals surface area contributed by atoms with Gasteiger partial charge < -0.3 is 10.1 Å². The molecule has 0 unspecified atom stereocenters. The lowest BCUT2D eigenvalue weighted by Crippen LogP contribution is -2.15. The van der Waals surface area contributed by atoms with Gasteiger partial charge in [-0.1, -0.05) is 29.8 Å². The Labute approximate surface area is 138 Å². The summed E-state index contributed by atoms with van der Waals surface area (Å²) >= 11 is 6.27. The molecule has 1 aromatic heterocycles. The maximum atomic E-state index is 12.6. The van der Waals surface area contributed by atoms with E-state index in [0.29, 0.717) is 27.7 Å². The Hall–Kier alpha value is -2.79. The highest BCUT2D eigenvalue weighted by molar-refractivity contribution is 6.33. The molecule has 0 aliphatic carbocycles. The average Bonchev–Trinajstić information content (AvgIpc) is 3.09. The van der Waals surface area contributed by atoms with Crippen LogP contribution in [0, 0.1) is 0 Å². The molecule has 0 aliphatic heterocycles. The summed E-state index contributed by atoms with van der Waals surface area (Å²) in [6, 6.07) is 14.1. The molecule has 6 heteroatoms. The van der Waals surface area contributed by atoms with Crippen molar-refractivity contribution in [3.63, 3.8) is 0 Å². The number of anilines is 1. The van der Waals surface area contributed by atoms with Crippen LogP contribution in [-0.2, 0) is 0 Å². The summed E-state index contributed by atoms with van der Waals surface area (Å²) in [5.41, 5.74) is 1.63. The van der Waals surface area contributed by atoms with Gasteiger partial charge in [0.25, 0.3) is 5.91 Å². The van der Waals surface area contributed by atoms with Crippen LogP contribution in [-0.4, -0.2) is 22.8 Å². The molecule has 0 saturated carbocycles. The zero-order valence-electron chi connectivity index (χ0n) is 12.4. The number of ether oxygens (including phenoxy) is 1. The number of para-hydroxylation sites is 2. The van der Waals surface area contributed by atoms with Crippen LogP contribution in [0.4, 0.5) is 5.69 Å². The van der Waals surface area contributed by atoms with Gasteiger partial charge in [0.05, 0.1) is 23.4 Å². The van der Waals surface area contributed by atoms with Crippen LogP contribution < -0.4 is 10.1 Å². The van der Waals surface area contributed by atoms with Crippen molar-refractivity contribution in [2.45, 2.75) is 0 Å². The monoisotopic (exact) mass is 327 g/mol. The standard InChI is InChI=1S/C17H14ClN3O2/c1-23-15-9-3-2-6-12(15)17(22)20-14-8-4-7-13(18)16(14)21-11-5-10-19-21/h2-11H,1H3,(H,20,22). The van der Waals surface area contributed by atoms with Crippen molar-refractivity contribution in [1.82, 2.24) is 9.78 Å². The summed E-state index contributed by atoms with van der Waals surface area (Å²) in [5.74, 6) is 0.228. The van der Waals surface area contributed by atoms with Crippen molar-refractivity contribution in [1.29, 1.82) is 0 Å².